The SMILES string of the molecule is CC(C)CCNC(=O)NC(=O)Cn1cnc2sc3c(c2c1=O)CCCC3. The molecule has 7 nitrogen and oxygen atoms in total. The topological polar surface area (TPSA) is 93.1 Å². The largest absolute Gasteiger partial charge is 0.338 e. The number of rotatable bonds is 5. The van der Waals surface area contributed by atoms with Gasteiger partial charge in [-0.05, 0) is 43.6 Å². The van der Waals surface area contributed by atoms with Crippen molar-refractivity contribution in [3.63, 3.8) is 0 Å². The van der Waals surface area contributed by atoms with Crippen LogP contribution in [-0.2, 0) is 24.2 Å². The Morgan fingerprint density at radius 2 is 2.08 bits per heavy atom. The zero-order valence-electron chi connectivity index (χ0n) is 15.1. The standard InChI is InChI=1S/C18H24N4O3S/c1-11(2)7-8-19-18(25)21-14(23)9-22-10-20-16-15(17(22)24)12-5-3-4-6-13(12)26-16/h10-11H,3-9H2,1-2H3,(H2,19,21,23,25). The second-order valence-electron chi connectivity index (χ2n) is 7.06. The molecule has 0 unspecified atom stereocenters. The molecule has 8 heteroatoms. The summed E-state index contributed by atoms with van der Waals surface area (Å²) in [5.74, 6) is -0.0571. The van der Waals surface area contributed by atoms with Crippen LogP contribution in [0.25, 0.3) is 10.2 Å². The van der Waals surface area contributed by atoms with Crippen LogP contribution in [0.4, 0.5) is 4.79 Å². The number of fused-ring (bicyclic) bond motifs is 3. The monoisotopic (exact) mass is 376 g/mol. The third-order valence-electron chi connectivity index (χ3n) is 4.52. The molecule has 2 aromatic heterocycles. The predicted molar refractivity (Wildman–Crippen MR) is 102 cm³/mol. The van der Waals surface area contributed by atoms with Crippen molar-refractivity contribution in [3.8, 4) is 0 Å². The molecule has 2 heterocycles. The first-order chi connectivity index (χ1) is 12.5. The number of aromatic nitrogens is 2. The number of amides is 3. The smallest absolute Gasteiger partial charge is 0.321 e. The summed E-state index contributed by atoms with van der Waals surface area (Å²) in [4.78, 5) is 42.9. The van der Waals surface area contributed by atoms with Gasteiger partial charge in [-0.3, -0.25) is 19.5 Å². The first-order valence-electron chi connectivity index (χ1n) is 9.03. The summed E-state index contributed by atoms with van der Waals surface area (Å²) in [5, 5.41) is 5.54. The predicted octanol–water partition coefficient (Wildman–Crippen LogP) is 2.21. The first kappa shape index (κ1) is 18.6. The number of hydrogen-bond acceptors (Lipinski definition) is 5. The molecule has 3 rings (SSSR count). The van der Waals surface area contributed by atoms with E-state index in [0.29, 0.717) is 17.8 Å². The Morgan fingerprint density at radius 1 is 1.31 bits per heavy atom. The van der Waals surface area contributed by atoms with E-state index in [2.05, 4.69) is 29.5 Å². The third-order valence-corrected chi connectivity index (χ3v) is 5.72. The molecule has 0 bridgehead atoms. The lowest BCUT2D eigenvalue weighted by Gasteiger charge is -2.11. The van der Waals surface area contributed by atoms with Gasteiger partial charge in [0.15, 0.2) is 0 Å². The number of hydrogen-bond donors (Lipinski definition) is 2. The van der Waals surface area contributed by atoms with Crippen molar-refractivity contribution in [3.05, 3.63) is 27.1 Å². The maximum absolute atomic E-state index is 12.8. The summed E-state index contributed by atoms with van der Waals surface area (Å²) >= 11 is 1.57. The molecule has 0 atom stereocenters. The molecule has 2 aromatic rings. The van der Waals surface area contributed by atoms with Crippen LogP contribution >= 0.6 is 11.3 Å². The van der Waals surface area contributed by atoms with E-state index in [1.165, 1.54) is 15.8 Å². The number of imide groups is 1. The molecule has 0 radical (unpaired) electrons. The molecule has 0 fully saturated rings. The summed E-state index contributed by atoms with van der Waals surface area (Å²) < 4.78 is 1.28. The Kier molecular flexibility index (Phi) is 5.70. The number of carbonyl (C=O) groups excluding carboxylic acids is 2. The molecule has 140 valence electrons. The summed E-state index contributed by atoms with van der Waals surface area (Å²) in [6.07, 6.45) is 6.33. The normalized spacial score (nSPS) is 13.7. The molecule has 0 aliphatic heterocycles. The lowest BCUT2D eigenvalue weighted by molar-refractivity contribution is -0.120. The van der Waals surface area contributed by atoms with Gasteiger partial charge in [-0.2, -0.15) is 0 Å². The summed E-state index contributed by atoms with van der Waals surface area (Å²) in [6.45, 7) is 4.40. The van der Waals surface area contributed by atoms with Gasteiger partial charge in [0, 0.05) is 11.4 Å². The van der Waals surface area contributed by atoms with E-state index in [0.717, 1.165) is 42.5 Å². The Hall–Kier alpha value is -2.22. The number of nitrogens with zero attached hydrogens (tertiary/aromatic N) is 2. The fourth-order valence-corrected chi connectivity index (χ4v) is 4.35. The summed E-state index contributed by atoms with van der Waals surface area (Å²) in [7, 11) is 0. The number of carbonyl (C=O) groups is 2. The van der Waals surface area contributed by atoms with E-state index in [9.17, 15) is 14.4 Å². The Balaban J connectivity index is 1.69. The van der Waals surface area contributed by atoms with Gasteiger partial charge in [0.2, 0.25) is 5.91 Å². The van der Waals surface area contributed by atoms with Gasteiger partial charge in [-0.15, -0.1) is 11.3 Å². The van der Waals surface area contributed by atoms with E-state index in [1.807, 2.05) is 0 Å². The van der Waals surface area contributed by atoms with Crippen molar-refractivity contribution in [1.82, 2.24) is 20.2 Å². The number of nitrogens with one attached hydrogen (secondary N) is 2. The zero-order chi connectivity index (χ0) is 18.7. The Bertz CT molecular complexity index is 884. The molecule has 0 spiro atoms. The molecule has 0 saturated heterocycles. The fraction of sp³-hybridized carbons (Fsp3) is 0.556. The van der Waals surface area contributed by atoms with Crippen LogP contribution < -0.4 is 16.2 Å². The fourth-order valence-electron chi connectivity index (χ4n) is 3.13. The molecule has 2 N–H and O–H groups in total. The molecule has 0 saturated carbocycles. The van der Waals surface area contributed by atoms with Crippen molar-refractivity contribution in [2.24, 2.45) is 5.92 Å². The van der Waals surface area contributed by atoms with Crippen LogP contribution in [-0.4, -0.2) is 28.0 Å². The van der Waals surface area contributed by atoms with Crippen LogP contribution in [0.3, 0.4) is 0 Å². The van der Waals surface area contributed by atoms with Crippen LogP contribution in [0.5, 0.6) is 0 Å². The van der Waals surface area contributed by atoms with Gasteiger partial charge in [0.05, 0.1) is 11.7 Å². The van der Waals surface area contributed by atoms with Gasteiger partial charge in [0.25, 0.3) is 5.56 Å². The Labute approximate surface area is 155 Å². The summed E-state index contributed by atoms with van der Waals surface area (Å²) in [5.41, 5.74) is 0.889. The highest BCUT2D eigenvalue weighted by Gasteiger charge is 2.20. The van der Waals surface area contributed by atoms with Crippen LogP contribution in [0.1, 0.15) is 43.6 Å². The van der Waals surface area contributed by atoms with Crippen LogP contribution in [0, 0.1) is 5.92 Å². The molecule has 26 heavy (non-hydrogen) atoms. The maximum atomic E-state index is 12.8. The van der Waals surface area contributed by atoms with Gasteiger partial charge >= 0.3 is 6.03 Å². The van der Waals surface area contributed by atoms with Gasteiger partial charge in [-0.1, -0.05) is 13.8 Å². The van der Waals surface area contributed by atoms with Crippen molar-refractivity contribution < 1.29 is 9.59 Å². The number of urea groups is 1. The molecular formula is C18H24N4O3S. The minimum Gasteiger partial charge on any atom is -0.338 e. The highest BCUT2D eigenvalue weighted by atomic mass is 32.1. The minimum absolute atomic E-state index is 0.204. The maximum Gasteiger partial charge on any atom is 0.321 e. The van der Waals surface area contributed by atoms with Crippen molar-refractivity contribution in [2.45, 2.75) is 52.5 Å². The molecule has 3 amide bonds. The minimum atomic E-state index is -0.536. The second kappa shape index (κ2) is 7.99. The van der Waals surface area contributed by atoms with E-state index in [1.54, 1.807) is 11.3 Å². The molecular weight excluding hydrogens is 352 g/mol. The van der Waals surface area contributed by atoms with Crippen LogP contribution in [0.2, 0.25) is 0 Å². The van der Waals surface area contributed by atoms with Gasteiger partial charge < -0.3 is 5.32 Å². The van der Waals surface area contributed by atoms with Gasteiger partial charge in [0.1, 0.15) is 11.4 Å². The zero-order valence-corrected chi connectivity index (χ0v) is 15.9. The average Bonchev–Trinajstić information content (AvgIpc) is 2.96. The average molecular weight is 376 g/mol. The van der Waals surface area contributed by atoms with Crippen molar-refractivity contribution >= 4 is 33.5 Å². The van der Waals surface area contributed by atoms with Crippen molar-refractivity contribution in [1.29, 1.82) is 0 Å². The van der Waals surface area contributed by atoms with E-state index < -0.39 is 11.9 Å². The summed E-state index contributed by atoms with van der Waals surface area (Å²) in [6, 6.07) is -0.536. The highest BCUT2D eigenvalue weighted by Crippen LogP contribution is 2.33. The number of thiophene rings is 1. The second-order valence-corrected chi connectivity index (χ2v) is 8.14. The lowest BCUT2D eigenvalue weighted by atomic mass is 9.97. The molecule has 1 aliphatic rings. The molecule has 1 aliphatic carbocycles. The highest BCUT2D eigenvalue weighted by molar-refractivity contribution is 7.18. The Morgan fingerprint density at radius 3 is 2.85 bits per heavy atom. The van der Waals surface area contributed by atoms with E-state index in [4.69, 9.17) is 0 Å². The third kappa shape index (κ3) is 4.12. The van der Waals surface area contributed by atoms with Gasteiger partial charge in [-0.25, -0.2) is 9.78 Å². The van der Waals surface area contributed by atoms with E-state index in [-0.39, 0.29) is 12.1 Å². The number of aryl methyl sites for hydroxylation is 2. The lowest BCUT2D eigenvalue weighted by Crippen LogP contribution is -2.42. The molecule has 0 aromatic carbocycles. The van der Waals surface area contributed by atoms with E-state index >= 15 is 0 Å². The van der Waals surface area contributed by atoms with Crippen molar-refractivity contribution in [2.75, 3.05) is 6.54 Å². The quantitative estimate of drug-likeness (QED) is 0.837. The first-order valence-corrected chi connectivity index (χ1v) is 9.84. The van der Waals surface area contributed by atoms with Crippen LogP contribution in [0.15, 0.2) is 11.1 Å².